The maximum atomic E-state index is 16.9. The number of nitrogens with zero attached hydrogens (tertiary/aromatic N) is 9. The van der Waals surface area contributed by atoms with Gasteiger partial charge in [-0.15, -0.1) is 0 Å². The van der Waals surface area contributed by atoms with Crippen molar-refractivity contribution in [3.63, 3.8) is 0 Å². The van der Waals surface area contributed by atoms with Crippen LogP contribution in [0.15, 0.2) is 54.9 Å². The van der Waals surface area contributed by atoms with Crippen molar-refractivity contribution in [2.75, 3.05) is 44.2 Å². The molecular formula is C39H35ClF3N9O2. The van der Waals surface area contributed by atoms with Gasteiger partial charge >= 0.3 is 6.01 Å². The largest absolute Gasteiger partial charge is 0.461 e. The first-order valence-corrected chi connectivity index (χ1v) is 18.2. The molecule has 1 amide bonds. The summed E-state index contributed by atoms with van der Waals surface area (Å²) < 4.78 is 52.1. The minimum absolute atomic E-state index is 0.00915. The Kier molecular flexibility index (Phi) is 9.53. The van der Waals surface area contributed by atoms with Gasteiger partial charge in [-0.3, -0.25) is 14.7 Å². The molecule has 0 bridgehead atoms. The number of benzene rings is 2. The third-order valence-electron chi connectivity index (χ3n) is 10.7. The number of piperazine rings is 1. The summed E-state index contributed by atoms with van der Waals surface area (Å²) >= 11 is 6.62. The molecule has 6 heterocycles. The zero-order valence-corrected chi connectivity index (χ0v) is 30.1. The minimum Gasteiger partial charge on any atom is -0.461 e. The van der Waals surface area contributed by atoms with Crippen molar-refractivity contribution >= 4 is 51.1 Å². The van der Waals surface area contributed by atoms with Crippen LogP contribution < -0.4 is 9.64 Å². The number of aromatic nitrogens is 5. The molecule has 276 valence electrons. The summed E-state index contributed by atoms with van der Waals surface area (Å²) in [5, 5.41) is 12.0. The second kappa shape index (κ2) is 14.4. The van der Waals surface area contributed by atoms with Gasteiger partial charge in [-0.25, -0.2) is 23.1 Å². The van der Waals surface area contributed by atoms with Crippen LogP contribution in [0.4, 0.5) is 19.0 Å². The fourth-order valence-electron chi connectivity index (χ4n) is 8.11. The molecule has 3 saturated heterocycles. The van der Waals surface area contributed by atoms with Crippen LogP contribution in [0.3, 0.4) is 0 Å². The Balaban J connectivity index is 1.16. The highest BCUT2D eigenvalue weighted by Crippen LogP contribution is 2.41. The van der Waals surface area contributed by atoms with E-state index in [9.17, 15) is 18.8 Å². The molecule has 15 heteroatoms. The summed E-state index contributed by atoms with van der Waals surface area (Å²) in [6.45, 7) is 3.48. The SMILES string of the molecule is Cc1ncc(F)c(/C=C/C(=O)N2CCN(c3nc(OC[C@@]45CCCN4C[C@H](F)C5)nc4c(F)c(-c5cccc6cccc(Cl)c56)ncc34)C[C@@H]2CC#N)n1. The van der Waals surface area contributed by atoms with Gasteiger partial charge in [0, 0.05) is 60.8 Å². The zero-order valence-electron chi connectivity index (χ0n) is 29.4. The Labute approximate surface area is 314 Å². The van der Waals surface area contributed by atoms with E-state index in [-0.39, 0.29) is 55.6 Å². The number of carbonyl (C=O) groups excluding carboxylic acids is 1. The van der Waals surface area contributed by atoms with Crippen LogP contribution in [0.2, 0.25) is 5.02 Å². The normalized spacial score (nSPS) is 21.6. The molecule has 0 saturated carbocycles. The van der Waals surface area contributed by atoms with Crippen LogP contribution in [0.1, 0.15) is 37.2 Å². The number of amides is 1. The summed E-state index contributed by atoms with van der Waals surface area (Å²) in [4.78, 5) is 40.8. The number of carbonyl (C=O) groups is 1. The molecule has 5 aromatic rings. The predicted molar refractivity (Wildman–Crippen MR) is 197 cm³/mol. The first kappa shape index (κ1) is 35.6. The maximum absolute atomic E-state index is 16.9. The van der Waals surface area contributed by atoms with Gasteiger partial charge in [-0.2, -0.15) is 15.2 Å². The molecule has 3 aromatic heterocycles. The number of anilines is 1. The van der Waals surface area contributed by atoms with Crippen LogP contribution in [0.5, 0.6) is 6.01 Å². The Hall–Kier alpha value is -5.39. The van der Waals surface area contributed by atoms with E-state index in [0.717, 1.165) is 31.0 Å². The fraction of sp³-hybridized carbons (Fsp3) is 0.359. The number of nitriles is 1. The number of pyridine rings is 1. The van der Waals surface area contributed by atoms with E-state index in [1.165, 1.54) is 18.3 Å². The van der Waals surface area contributed by atoms with Gasteiger partial charge in [0.05, 0.1) is 35.7 Å². The monoisotopic (exact) mass is 753 g/mol. The average molecular weight is 754 g/mol. The van der Waals surface area contributed by atoms with Crippen LogP contribution in [-0.4, -0.2) is 97.7 Å². The first-order valence-electron chi connectivity index (χ1n) is 17.8. The zero-order chi connectivity index (χ0) is 37.6. The lowest BCUT2D eigenvalue weighted by Gasteiger charge is -2.41. The second-order valence-corrected chi connectivity index (χ2v) is 14.4. The van der Waals surface area contributed by atoms with E-state index in [2.05, 4.69) is 30.9 Å². The highest BCUT2D eigenvalue weighted by atomic mass is 35.5. The highest BCUT2D eigenvalue weighted by molar-refractivity contribution is 6.36. The molecule has 3 aliphatic rings. The van der Waals surface area contributed by atoms with Gasteiger partial charge < -0.3 is 14.5 Å². The van der Waals surface area contributed by atoms with Crippen LogP contribution in [0.25, 0.3) is 39.0 Å². The van der Waals surface area contributed by atoms with Crippen molar-refractivity contribution in [3.05, 3.63) is 83.0 Å². The van der Waals surface area contributed by atoms with E-state index in [1.54, 1.807) is 24.0 Å². The predicted octanol–water partition coefficient (Wildman–Crippen LogP) is 6.47. The molecule has 0 N–H and O–H groups in total. The smallest absolute Gasteiger partial charge is 0.319 e. The molecule has 3 fully saturated rings. The molecule has 2 aromatic carbocycles. The quantitative estimate of drug-likeness (QED) is 0.163. The molecule has 3 aliphatic heterocycles. The van der Waals surface area contributed by atoms with Crippen LogP contribution in [-0.2, 0) is 4.79 Å². The van der Waals surface area contributed by atoms with Crippen molar-refractivity contribution < 1.29 is 22.7 Å². The van der Waals surface area contributed by atoms with Crippen molar-refractivity contribution in [3.8, 4) is 23.3 Å². The summed E-state index contributed by atoms with van der Waals surface area (Å²) in [5.41, 5.74) is -0.00395. The Morgan fingerprint density at radius 2 is 1.93 bits per heavy atom. The highest BCUT2D eigenvalue weighted by Gasteiger charge is 2.49. The molecule has 8 rings (SSSR count). The van der Waals surface area contributed by atoms with Gasteiger partial charge in [0.15, 0.2) is 11.6 Å². The van der Waals surface area contributed by atoms with Crippen molar-refractivity contribution in [1.82, 2.24) is 34.7 Å². The topological polar surface area (TPSA) is 124 Å². The summed E-state index contributed by atoms with van der Waals surface area (Å²) in [6.07, 6.45) is 6.13. The van der Waals surface area contributed by atoms with Gasteiger partial charge in [-0.05, 0) is 43.8 Å². The molecule has 0 radical (unpaired) electrons. The van der Waals surface area contributed by atoms with E-state index in [4.69, 9.17) is 21.3 Å². The number of halogens is 4. The number of hydrogen-bond acceptors (Lipinski definition) is 10. The molecule has 3 atom stereocenters. The lowest BCUT2D eigenvalue weighted by molar-refractivity contribution is -0.128. The first-order chi connectivity index (χ1) is 26.1. The van der Waals surface area contributed by atoms with Gasteiger partial charge in [0.1, 0.15) is 41.3 Å². The fourth-order valence-corrected chi connectivity index (χ4v) is 8.39. The van der Waals surface area contributed by atoms with Crippen LogP contribution >= 0.6 is 11.6 Å². The summed E-state index contributed by atoms with van der Waals surface area (Å²) in [6, 6.07) is 12.4. The Morgan fingerprint density at radius 3 is 2.76 bits per heavy atom. The number of ether oxygens (including phenoxy) is 1. The number of alkyl halides is 1. The van der Waals surface area contributed by atoms with Gasteiger partial charge in [0.25, 0.3) is 0 Å². The molecule has 54 heavy (non-hydrogen) atoms. The van der Waals surface area contributed by atoms with Crippen LogP contribution in [0, 0.1) is 29.9 Å². The maximum Gasteiger partial charge on any atom is 0.319 e. The molecule has 0 aliphatic carbocycles. The second-order valence-electron chi connectivity index (χ2n) is 14.0. The molecule has 0 spiro atoms. The summed E-state index contributed by atoms with van der Waals surface area (Å²) in [7, 11) is 0. The van der Waals surface area contributed by atoms with Crippen molar-refractivity contribution in [2.24, 2.45) is 0 Å². The van der Waals surface area contributed by atoms with E-state index in [0.29, 0.717) is 46.0 Å². The van der Waals surface area contributed by atoms with Crippen molar-refractivity contribution in [1.29, 1.82) is 5.26 Å². The lowest BCUT2D eigenvalue weighted by atomic mass is 9.95. The molecular weight excluding hydrogens is 719 g/mol. The standard InChI is InChI=1S/C39H35ClF3N9O2/c1-23-45-19-30(42)31(47-23)9-10-32(53)52-16-15-50(21-26(52)11-13-44)37-28-18-46-35(27-7-2-5-24-6-3-8-29(40)33(24)27)34(43)36(28)48-38(49-37)54-22-39-12-4-14-51(39)20-25(41)17-39/h2-3,5-10,18-19,25-26H,4,11-12,14-17,20-22H2,1H3/b10-9+/t25-,26+,39+/m1/s1. The third-order valence-corrected chi connectivity index (χ3v) is 11.0. The third kappa shape index (κ3) is 6.56. The number of rotatable bonds is 8. The van der Waals surface area contributed by atoms with Gasteiger partial charge in [-0.1, -0.05) is 41.9 Å². The minimum atomic E-state index is -0.962. The van der Waals surface area contributed by atoms with Crippen molar-refractivity contribution in [2.45, 2.75) is 50.4 Å². The summed E-state index contributed by atoms with van der Waals surface area (Å²) in [5.74, 6) is -1.10. The molecule has 11 nitrogen and oxygen atoms in total. The lowest BCUT2D eigenvalue weighted by Crippen LogP contribution is -2.55. The van der Waals surface area contributed by atoms with E-state index < -0.39 is 35.3 Å². The number of hydrogen-bond donors (Lipinski definition) is 0. The number of fused-ring (bicyclic) bond motifs is 3. The molecule has 0 unspecified atom stereocenters. The van der Waals surface area contributed by atoms with E-state index >= 15 is 4.39 Å². The Bertz CT molecular complexity index is 2350. The van der Waals surface area contributed by atoms with Gasteiger partial charge in [0.2, 0.25) is 5.91 Å². The Morgan fingerprint density at radius 1 is 1.09 bits per heavy atom. The average Bonchev–Trinajstić information content (AvgIpc) is 3.70. The van der Waals surface area contributed by atoms with E-state index in [1.807, 2.05) is 29.2 Å². The number of aryl methyl sites for hydroxylation is 1.